The second-order valence-corrected chi connectivity index (χ2v) is 8.84. The first-order chi connectivity index (χ1) is 11.5. The fraction of sp³-hybridized carbons (Fsp3) is 0.588. The topological polar surface area (TPSA) is 64.7 Å². The van der Waals surface area contributed by atoms with Crippen molar-refractivity contribution in [2.45, 2.75) is 42.7 Å². The number of nitro benzene ring substituents is 1. The highest BCUT2D eigenvalue weighted by Gasteiger charge is 2.66. The molecule has 4 saturated carbocycles. The standard InChI is InChI=1S/C17H17FN2O3S/c18-16-7-10-5-12(8-16)17(13(6-10)9-16)23-19-15(24-17)11-1-3-14(4-2-11)20(21)22/h1-4,10,12-13H,5-9H2/t10?,12-,13+,16?,17?. The number of hydrogen-bond donors (Lipinski definition) is 0. The van der Waals surface area contributed by atoms with E-state index in [4.69, 9.17) is 4.84 Å². The zero-order valence-electron chi connectivity index (χ0n) is 13.0. The number of halogens is 1. The van der Waals surface area contributed by atoms with Crippen LogP contribution < -0.4 is 0 Å². The first kappa shape index (κ1) is 14.7. The lowest BCUT2D eigenvalue weighted by atomic mass is 9.53. The van der Waals surface area contributed by atoms with Crippen LogP contribution in [0.15, 0.2) is 29.4 Å². The molecule has 0 saturated heterocycles. The van der Waals surface area contributed by atoms with E-state index in [1.54, 1.807) is 23.9 Å². The molecule has 5 aliphatic rings. The quantitative estimate of drug-likeness (QED) is 0.591. The molecule has 3 unspecified atom stereocenters. The maximum absolute atomic E-state index is 14.9. The van der Waals surface area contributed by atoms with Crippen molar-refractivity contribution in [3.8, 4) is 0 Å². The summed E-state index contributed by atoms with van der Waals surface area (Å²) in [7, 11) is 0. The molecule has 1 spiro atoms. The van der Waals surface area contributed by atoms with Gasteiger partial charge in [0.2, 0.25) is 0 Å². The Kier molecular flexibility index (Phi) is 2.89. The van der Waals surface area contributed by atoms with Crippen LogP contribution in [-0.2, 0) is 4.84 Å². The van der Waals surface area contributed by atoms with Crippen LogP contribution in [-0.4, -0.2) is 20.6 Å². The van der Waals surface area contributed by atoms with Gasteiger partial charge in [0, 0.05) is 29.5 Å². The minimum Gasteiger partial charge on any atom is -0.376 e. The lowest BCUT2D eigenvalue weighted by Gasteiger charge is -2.59. The van der Waals surface area contributed by atoms with Crippen molar-refractivity contribution in [2.75, 3.05) is 0 Å². The van der Waals surface area contributed by atoms with Gasteiger partial charge in [-0.3, -0.25) is 10.1 Å². The molecule has 0 radical (unpaired) electrons. The van der Waals surface area contributed by atoms with Crippen LogP contribution >= 0.6 is 11.8 Å². The van der Waals surface area contributed by atoms with Crippen molar-refractivity contribution in [1.82, 2.24) is 0 Å². The monoisotopic (exact) mass is 348 g/mol. The molecular weight excluding hydrogens is 331 g/mol. The Hall–Kier alpha value is -1.63. The Morgan fingerprint density at radius 1 is 1.21 bits per heavy atom. The van der Waals surface area contributed by atoms with Gasteiger partial charge in [0.05, 0.1) is 4.92 Å². The van der Waals surface area contributed by atoms with E-state index in [0.717, 1.165) is 29.9 Å². The van der Waals surface area contributed by atoms with Gasteiger partial charge in [-0.25, -0.2) is 4.39 Å². The summed E-state index contributed by atoms with van der Waals surface area (Å²) in [5.41, 5.74) is -0.111. The SMILES string of the molecule is O=[N+]([O-])c1ccc(C2=NOC3(S2)[C@@H]2CC4C[C@H]3CC(F)(C4)C2)cc1. The summed E-state index contributed by atoms with van der Waals surface area (Å²) >= 11 is 1.61. The van der Waals surface area contributed by atoms with Crippen molar-refractivity contribution in [3.05, 3.63) is 39.9 Å². The van der Waals surface area contributed by atoms with E-state index in [9.17, 15) is 14.5 Å². The minimum atomic E-state index is -0.998. The third-order valence-corrected chi connectivity index (χ3v) is 7.67. The molecule has 6 rings (SSSR count). The summed E-state index contributed by atoms with van der Waals surface area (Å²) in [6.45, 7) is 0. The zero-order valence-corrected chi connectivity index (χ0v) is 13.8. The summed E-state index contributed by atoms with van der Waals surface area (Å²) < 4.78 is 14.9. The predicted molar refractivity (Wildman–Crippen MR) is 88.4 cm³/mol. The highest BCUT2D eigenvalue weighted by atomic mass is 32.2. The van der Waals surface area contributed by atoms with Crippen LogP contribution in [0.2, 0.25) is 0 Å². The second-order valence-electron chi connectivity index (χ2n) is 7.61. The van der Waals surface area contributed by atoms with E-state index in [2.05, 4.69) is 5.16 Å². The molecular formula is C17H17FN2O3S. The maximum atomic E-state index is 14.9. The van der Waals surface area contributed by atoms with E-state index in [0.29, 0.717) is 18.8 Å². The lowest BCUT2D eigenvalue weighted by molar-refractivity contribution is -0.384. The number of non-ortho nitro benzene ring substituents is 1. The highest BCUT2D eigenvalue weighted by molar-refractivity contribution is 8.15. The molecule has 4 aliphatic carbocycles. The number of rotatable bonds is 2. The minimum absolute atomic E-state index is 0.0620. The van der Waals surface area contributed by atoms with Gasteiger partial charge < -0.3 is 4.84 Å². The smallest absolute Gasteiger partial charge is 0.269 e. The molecule has 4 fully saturated rings. The molecule has 126 valence electrons. The molecule has 5 atom stereocenters. The van der Waals surface area contributed by atoms with E-state index < -0.39 is 15.5 Å². The first-order valence-electron chi connectivity index (χ1n) is 8.36. The van der Waals surface area contributed by atoms with Crippen molar-refractivity contribution in [3.63, 3.8) is 0 Å². The van der Waals surface area contributed by atoms with Gasteiger partial charge in [-0.2, -0.15) is 0 Å². The Bertz CT molecular complexity index is 735. The molecule has 7 heteroatoms. The number of nitrogens with zero attached hydrogens (tertiary/aromatic N) is 2. The van der Waals surface area contributed by atoms with E-state index >= 15 is 0 Å². The Labute approximate surface area is 142 Å². The normalized spacial score (nSPS) is 42.2. The summed E-state index contributed by atoms with van der Waals surface area (Å²) in [4.78, 5) is 15.9. The fourth-order valence-electron chi connectivity index (χ4n) is 5.29. The van der Waals surface area contributed by atoms with Crippen molar-refractivity contribution in [1.29, 1.82) is 0 Å². The summed E-state index contributed by atoms with van der Waals surface area (Å²) in [6.07, 6.45) is 3.93. The number of nitro groups is 1. The number of alkyl halides is 1. The molecule has 4 bridgehead atoms. The van der Waals surface area contributed by atoms with Crippen molar-refractivity contribution < 1.29 is 14.2 Å². The van der Waals surface area contributed by atoms with E-state index in [-0.39, 0.29) is 17.5 Å². The van der Waals surface area contributed by atoms with Crippen LogP contribution in [0.5, 0.6) is 0 Å². The van der Waals surface area contributed by atoms with Gasteiger partial charge >= 0.3 is 0 Å². The third-order valence-electron chi connectivity index (χ3n) is 6.11. The lowest BCUT2D eigenvalue weighted by Crippen LogP contribution is -2.60. The molecule has 0 aromatic heterocycles. The van der Waals surface area contributed by atoms with Gasteiger partial charge in [0.15, 0.2) is 4.93 Å². The largest absolute Gasteiger partial charge is 0.376 e. The Balaban J connectivity index is 1.41. The van der Waals surface area contributed by atoms with Crippen LogP contribution in [0.4, 0.5) is 10.1 Å². The van der Waals surface area contributed by atoms with Crippen LogP contribution in [0.25, 0.3) is 0 Å². The average Bonchev–Trinajstić information content (AvgIpc) is 2.98. The van der Waals surface area contributed by atoms with Crippen LogP contribution in [0, 0.1) is 27.9 Å². The number of hydrogen-bond acceptors (Lipinski definition) is 5. The molecule has 0 amide bonds. The molecule has 24 heavy (non-hydrogen) atoms. The van der Waals surface area contributed by atoms with Gasteiger partial charge in [-0.1, -0.05) is 16.9 Å². The molecule has 5 nitrogen and oxygen atoms in total. The van der Waals surface area contributed by atoms with Gasteiger partial charge in [0.1, 0.15) is 10.7 Å². The third kappa shape index (κ3) is 1.96. The summed E-state index contributed by atoms with van der Waals surface area (Å²) in [5.74, 6) is 0.904. The number of thioether (sulfide) groups is 1. The van der Waals surface area contributed by atoms with Crippen molar-refractivity contribution >= 4 is 22.5 Å². The Morgan fingerprint density at radius 3 is 2.46 bits per heavy atom. The van der Waals surface area contributed by atoms with Gasteiger partial charge in [-0.15, -0.1) is 0 Å². The summed E-state index contributed by atoms with van der Waals surface area (Å²) in [5, 5.41) is 15.8. The van der Waals surface area contributed by atoms with Crippen molar-refractivity contribution in [2.24, 2.45) is 22.9 Å². The number of oxime groups is 1. The molecule has 1 aromatic rings. The summed E-state index contributed by atoms with van der Waals surface area (Å²) in [6, 6.07) is 6.38. The first-order valence-corrected chi connectivity index (χ1v) is 9.18. The zero-order chi connectivity index (χ0) is 16.5. The highest BCUT2D eigenvalue weighted by Crippen LogP contribution is 2.67. The molecule has 1 aliphatic heterocycles. The van der Waals surface area contributed by atoms with E-state index in [1.807, 2.05) is 0 Å². The van der Waals surface area contributed by atoms with E-state index in [1.165, 1.54) is 12.1 Å². The molecule has 1 heterocycles. The Morgan fingerprint density at radius 2 is 1.88 bits per heavy atom. The van der Waals surface area contributed by atoms with Gasteiger partial charge in [-0.05, 0) is 50.2 Å². The van der Waals surface area contributed by atoms with Gasteiger partial charge in [0.25, 0.3) is 5.69 Å². The second kappa shape index (κ2) is 4.71. The number of benzene rings is 1. The van der Waals surface area contributed by atoms with Crippen LogP contribution in [0.3, 0.4) is 0 Å². The molecule has 0 N–H and O–H groups in total. The fourth-order valence-corrected chi connectivity index (χ4v) is 6.68. The van der Waals surface area contributed by atoms with Crippen LogP contribution in [0.1, 0.15) is 37.7 Å². The maximum Gasteiger partial charge on any atom is 0.269 e. The average molecular weight is 348 g/mol. The molecule has 1 aromatic carbocycles. The predicted octanol–water partition coefficient (Wildman–Crippen LogP) is 4.26.